The minimum atomic E-state index is -0.984. The Labute approximate surface area is 103 Å². The zero-order valence-electron chi connectivity index (χ0n) is 9.57. The summed E-state index contributed by atoms with van der Waals surface area (Å²) in [6.07, 6.45) is 6.00. The Hall–Kier alpha value is -1.78. The van der Waals surface area contributed by atoms with Gasteiger partial charge in [-0.15, -0.1) is 0 Å². The molecule has 1 saturated carbocycles. The lowest BCUT2D eigenvalue weighted by Gasteiger charge is -2.17. The molecule has 0 aromatic carbocycles. The van der Waals surface area contributed by atoms with Crippen molar-refractivity contribution in [3.05, 3.63) is 36.2 Å². The number of carbonyl (C=O) groups excluding carboxylic acids is 1. The second-order valence-electron chi connectivity index (χ2n) is 4.85. The fraction of sp³-hybridized carbons (Fsp3) is 0.385. The van der Waals surface area contributed by atoms with Crippen molar-refractivity contribution in [2.75, 3.05) is 5.32 Å². The van der Waals surface area contributed by atoms with Crippen molar-refractivity contribution in [3.63, 3.8) is 0 Å². The summed E-state index contributed by atoms with van der Waals surface area (Å²) < 4.78 is 25.9. The Bertz CT molecular complexity index is 530. The van der Waals surface area contributed by atoms with Gasteiger partial charge in [0.2, 0.25) is 17.8 Å². The second-order valence-corrected chi connectivity index (χ2v) is 4.85. The summed E-state index contributed by atoms with van der Waals surface area (Å²) in [6.45, 7) is 0. The smallest absolute Gasteiger partial charge is 0.239 e. The minimum Gasteiger partial charge on any atom is -0.322 e. The first-order valence-corrected chi connectivity index (χ1v) is 5.94. The SMILES string of the molecule is O=C(Nc1ccc(F)nc1F)C1CC2C=CC1C2. The van der Waals surface area contributed by atoms with Gasteiger partial charge in [-0.2, -0.15) is 13.8 Å². The van der Waals surface area contributed by atoms with Crippen LogP contribution in [0.15, 0.2) is 24.3 Å². The third-order valence-electron chi connectivity index (χ3n) is 3.69. The Kier molecular flexibility index (Phi) is 2.61. The van der Waals surface area contributed by atoms with Crippen molar-refractivity contribution >= 4 is 11.6 Å². The molecule has 0 saturated heterocycles. The molecule has 2 bridgehead atoms. The van der Waals surface area contributed by atoms with E-state index in [0.29, 0.717) is 5.92 Å². The van der Waals surface area contributed by atoms with Crippen LogP contribution in [0.4, 0.5) is 14.5 Å². The molecule has 1 aromatic heterocycles. The van der Waals surface area contributed by atoms with E-state index in [1.165, 1.54) is 6.07 Å². The molecule has 3 rings (SSSR count). The molecule has 0 aliphatic heterocycles. The standard InChI is InChI=1S/C13H12F2N2O/c14-11-4-3-10(12(15)17-11)16-13(18)9-6-7-1-2-8(9)5-7/h1-4,7-9H,5-6H2,(H,16,18). The van der Waals surface area contributed by atoms with Crippen molar-refractivity contribution in [1.82, 2.24) is 4.98 Å². The predicted octanol–water partition coefficient (Wildman–Crippen LogP) is 2.51. The number of pyridine rings is 1. The second kappa shape index (κ2) is 4.15. The number of anilines is 1. The van der Waals surface area contributed by atoms with E-state index in [1.54, 1.807) is 0 Å². The van der Waals surface area contributed by atoms with Crippen LogP contribution in [0.3, 0.4) is 0 Å². The van der Waals surface area contributed by atoms with Gasteiger partial charge >= 0.3 is 0 Å². The Balaban J connectivity index is 1.73. The molecule has 18 heavy (non-hydrogen) atoms. The van der Waals surface area contributed by atoms with Crippen molar-refractivity contribution in [2.45, 2.75) is 12.8 Å². The van der Waals surface area contributed by atoms with Gasteiger partial charge in [-0.25, -0.2) is 0 Å². The fourth-order valence-electron chi connectivity index (χ4n) is 2.81. The summed E-state index contributed by atoms with van der Waals surface area (Å²) >= 11 is 0. The number of aromatic nitrogens is 1. The maximum absolute atomic E-state index is 13.3. The van der Waals surface area contributed by atoms with Crippen LogP contribution < -0.4 is 5.32 Å². The molecule has 0 spiro atoms. The minimum absolute atomic E-state index is 0.0619. The number of carbonyl (C=O) groups is 1. The number of nitrogens with one attached hydrogen (secondary N) is 1. The lowest BCUT2D eigenvalue weighted by molar-refractivity contribution is -0.120. The number of nitrogens with zero attached hydrogens (tertiary/aromatic N) is 1. The first-order chi connectivity index (χ1) is 8.63. The third-order valence-corrected chi connectivity index (χ3v) is 3.69. The van der Waals surface area contributed by atoms with Gasteiger partial charge in [0.25, 0.3) is 0 Å². The van der Waals surface area contributed by atoms with Crippen molar-refractivity contribution in [2.24, 2.45) is 17.8 Å². The van der Waals surface area contributed by atoms with Crippen LogP contribution in [0.2, 0.25) is 0 Å². The molecule has 1 aromatic rings. The van der Waals surface area contributed by atoms with E-state index in [1.807, 2.05) is 0 Å². The number of fused-ring (bicyclic) bond motifs is 2. The molecule has 1 fully saturated rings. The van der Waals surface area contributed by atoms with E-state index in [2.05, 4.69) is 22.5 Å². The van der Waals surface area contributed by atoms with Gasteiger partial charge in [0.05, 0.1) is 5.69 Å². The van der Waals surface area contributed by atoms with Crippen LogP contribution in [-0.2, 0) is 4.79 Å². The molecular formula is C13H12F2N2O. The monoisotopic (exact) mass is 250 g/mol. The number of halogens is 2. The zero-order valence-corrected chi connectivity index (χ0v) is 9.57. The van der Waals surface area contributed by atoms with Gasteiger partial charge in [-0.05, 0) is 36.8 Å². The van der Waals surface area contributed by atoms with Gasteiger partial charge < -0.3 is 5.32 Å². The summed E-state index contributed by atoms with van der Waals surface area (Å²) in [4.78, 5) is 15.0. The van der Waals surface area contributed by atoms with Crippen LogP contribution in [0, 0.1) is 29.6 Å². The summed E-state index contributed by atoms with van der Waals surface area (Å²) in [5, 5.41) is 2.49. The third kappa shape index (κ3) is 1.89. The summed E-state index contributed by atoms with van der Waals surface area (Å²) in [5.74, 6) is -1.47. The molecule has 1 N–H and O–H groups in total. The topological polar surface area (TPSA) is 42.0 Å². The zero-order chi connectivity index (χ0) is 12.7. The number of amides is 1. The molecule has 3 nitrogen and oxygen atoms in total. The van der Waals surface area contributed by atoms with Crippen LogP contribution in [-0.4, -0.2) is 10.9 Å². The number of hydrogen-bond acceptors (Lipinski definition) is 2. The maximum atomic E-state index is 13.3. The van der Waals surface area contributed by atoms with E-state index < -0.39 is 11.9 Å². The molecule has 1 amide bonds. The summed E-state index contributed by atoms with van der Waals surface area (Å²) in [6, 6.07) is 2.22. The normalized spacial score (nSPS) is 28.7. The Morgan fingerprint density at radius 1 is 1.28 bits per heavy atom. The highest BCUT2D eigenvalue weighted by Crippen LogP contribution is 2.43. The van der Waals surface area contributed by atoms with E-state index in [-0.39, 0.29) is 23.4 Å². The lowest BCUT2D eigenvalue weighted by Crippen LogP contribution is -2.26. The first-order valence-electron chi connectivity index (χ1n) is 5.94. The molecule has 2 aliphatic rings. The largest absolute Gasteiger partial charge is 0.322 e. The molecule has 94 valence electrons. The average molecular weight is 250 g/mol. The molecule has 5 heteroatoms. The molecule has 3 unspecified atom stereocenters. The van der Waals surface area contributed by atoms with Crippen molar-refractivity contribution in [1.29, 1.82) is 0 Å². The number of rotatable bonds is 2. The Morgan fingerprint density at radius 2 is 2.11 bits per heavy atom. The molecule has 0 radical (unpaired) electrons. The number of hydrogen-bond donors (Lipinski definition) is 1. The summed E-state index contributed by atoms with van der Waals surface area (Å²) in [5.41, 5.74) is -0.0619. The molecule has 1 heterocycles. The fourth-order valence-corrected chi connectivity index (χ4v) is 2.81. The lowest BCUT2D eigenvalue weighted by atomic mass is 9.93. The molecule has 2 aliphatic carbocycles. The highest BCUT2D eigenvalue weighted by atomic mass is 19.1. The quantitative estimate of drug-likeness (QED) is 0.647. The number of allylic oxidation sites excluding steroid dienone is 2. The van der Waals surface area contributed by atoms with Gasteiger partial charge in [-0.3, -0.25) is 4.79 Å². The van der Waals surface area contributed by atoms with Crippen LogP contribution in [0.25, 0.3) is 0 Å². The summed E-state index contributed by atoms with van der Waals surface area (Å²) in [7, 11) is 0. The van der Waals surface area contributed by atoms with Crippen LogP contribution in [0.5, 0.6) is 0 Å². The molecule has 3 atom stereocenters. The highest BCUT2D eigenvalue weighted by molar-refractivity contribution is 5.93. The highest BCUT2D eigenvalue weighted by Gasteiger charge is 2.39. The van der Waals surface area contributed by atoms with Crippen molar-refractivity contribution < 1.29 is 13.6 Å². The predicted molar refractivity (Wildman–Crippen MR) is 61.6 cm³/mol. The van der Waals surface area contributed by atoms with Crippen LogP contribution >= 0.6 is 0 Å². The van der Waals surface area contributed by atoms with Gasteiger partial charge in [-0.1, -0.05) is 12.2 Å². The maximum Gasteiger partial charge on any atom is 0.239 e. The van der Waals surface area contributed by atoms with E-state index in [0.717, 1.165) is 18.9 Å². The van der Waals surface area contributed by atoms with Gasteiger partial charge in [0.1, 0.15) is 0 Å². The van der Waals surface area contributed by atoms with Crippen LogP contribution in [0.1, 0.15) is 12.8 Å². The average Bonchev–Trinajstić information content (AvgIpc) is 2.94. The molecular weight excluding hydrogens is 238 g/mol. The van der Waals surface area contributed by atoms with Gasteiger partial charge in [0, 0.05) is 5.92 Å². The van der Waals surface area contributed by atoms with Crippen molar-refractivity contribution in [3.8, 4) is 0 Å². The van der Waals surface area contributed by atoms with E-state index in [9.17, 15) is 13.6 Å². The van der Waals surface area contributed by atoms with E-state index >= 15 is 0 Å². The van der Waals surface area contributed by atoms with E-state index in [4.69, 9.17) is 0 Å². The first kappa shape index (κ1) is 11.3. The Morgan fingerprint density at radius 3 is 2.72 bits per heavy atom. The van der Waals surface area contributed by atoms with Gasteiger partial charge in [0.15, 0.2) is 0 Å².